The van der Waals surface area contributed by atoms with Gasteiger partial charge in [0, 0.05) is 0 Å². The topological polar surface area (TPSA) is 29.6 Å². The zero-order chi connectivity index (χ0) is 8.55. The number of rotatable bonds is 2. The second kappa shape index (κ2) is 2.72. The molecule has 1 aromatic rings. The zero-order valence-corrected chi connectivity index (χ0v) is 6.86. The van der Waals surface area contributed by atoms with Crippen molar-refractivity contribution in [3.8, 4) is 0 Å². The quantitative estimate of drug-likeness (QED) is 0.488. The normalized spacial score (nSPS) is 26.8. The van der Waals surface area contributed by atoms with Crippen LogP contribution in [0.1, 0.15) is 17.2 Å². The SMILES string of the molecule is Cc1ccc([C@H]2O[C@H]2C=O)cc1. The number of carbonyl (C=O) groups is 1. The molecule has 0 aromatic heterocycles. The van der Waals surface area contributed by atoms with E-state index in [2.05, 4.69) is 0 Å². The Morgan fingerprint density at radius 2 is 2.00 bits per heavy atom. The largest absolute Gasteiger partial charge is 0.357 e. The molecule has 2 heteroatoms. The minimum atomic E-state index is -0.201. The minimum Gasteiger partial charge on any atom is -0.357 e. The third-order valence-corrected chi connectivity index (χ3v) is 2.07. The van der Waals surface area contributed by atoms with Gasteiger partial charge in [0.2, 0.25) is 0 Å². The highest BCUT2D eigenvalue weighted by Crippen LogP contribution is 2.36. The highest BCUT2D eigenvalue weighted by molar-refractivity contribution is 5.61. The first-order valence-electron chi connectivity index (χ1n) is 3.98. The summed E-state index contributed by atoms with van der Waals surface area (Å²) in [5, 5.41) is 0. The van der Waals surface area contributed by atoms with E-state index in [0.717, 1.165) is 11.8 Å². The molecule has 2 nitrogen and oxygen atoms in total. The fraction of sp³-hybridized carbons (Fsp3) is 0.300. The van der Waals surface area contributed by atoms with E-state index in [-0.39, 0.29) is 12.2 Å². The molecule has 0 spiro atoms. The lowest BCUT2D eigenvalue weighted by Crippen LogP contribution is -1.88. The molecular weight excluding hydrogens is 152 g/mol. The molecule has 62 valence electrons. The van der Waals surface area contributed by atoms with Crippen LogP contribution in [0.25, 0.3) is 0 Å². The van der Waals surface area contributed by atoms with Gasteiger partial charge in [-0.25, -0.2) is 0 Å². The summed E-state index contributed by atoms with van der Waals surface area (Å²) in [5.41, 5.74) is 2.32. The van der Waals surface area contributed by atoms with Gasteiger partial charge < -0.3 is 9.53 Å². The second-order valence-corrected chi connectivity index (χ2v) is 3.07. The summed E-state index contributed by atoms with van der Waals surface area (Å²) < 4.78 is 5.12. The molecule has 1 aliphatic heterocycles. The van der Waals surface area contributed by atoms with Crippen molar-refractivity contribution in [1.82, 2.24) is 0 Å². The predicted molar refractivity (Wildman–Crippen MR) is 44.9 cm³/mol. The number of carbonyl (C=O) groups excluding carboxylic acids is 1. The van der Waals surface area contributed by atoms with Gasteiger partial charge in [0.05, 0.1) is 0 Å². The van der Waals surface area contributed by atoms with Crippen molar-refractivity contribution in [3.63, 3.8) is 0 Å². The van der Waals surface area contributed by atoms with E-state index in [1.807, 2.05) is 31.2 Å². The molecule has 0 bridgehead atoms. The summed E-state index contributed by atoms with van der Waals surface area (Å²) >= 11 is 0. The lowest BCUT2D eigenvalue weighted by molar-refractivity contribution is -0.108. The van der Waals surface area contributed by atoms with Crippen LogP contribution in [0.15, 0.2) is 24.3 Å². The van der Waals surface area contributed by atoms with Gasteiger partial charge in [-0.3, -0.25) is 0 Å². The summed E-state index contributed by atoms with van der Waals surface area (Å²) in [6.45, 7) is 2.04. The van der Waals surface area contributed by atoms with E-state index >= 15 is 0 Å². The number of ether oxygens (including phenoxy) is 1. The monoisotopic (exact) mass is 162 g/mol. The van der Waals surface area contributed by atoms with Crippen LogP contribution < -0.4 is 0 Å². The van der Waals surface area contributed by atoms with E-state index < -0.39 is 0 Å². The smallest absolute Gasteiger partial charge is 0.151 e. The molecule has 1 saturated heterocycles. The maximum atomic E-state index is 10.3. The average Bonchev–Trinajstić information content (AvgIpc) is 2.85. The zero-order valence-electron chi connectivity index (χ0n) is 6.86. The molecule has 12 heavy (non-hydrogen) atoms. The fourth-order valence-corrected chi connectivity index (χ4v) is 1.25. The second-order valence-electron chi connectivity index (χ2n) is 3.07. The van der Waals surface area contributed by atoms with Gasteiger partial charge in [0.25, 0.3) is 0 Å². The standard InChI is InChI=1S/C10H10O2/c1-7-2-4-8(5-3-7)10-9(6-11)12-10/h2-6,9-10H,1H3/t9-,10+/m0/s1. The van der Waals surface area contributed by atoms with Crippen LogP contribution in [-0.4, -0.2) is 12.4 Å². The van der Waals surface area contributed by atoms with E-state index in [1.165, 1.54) is 5.56 Å². The number of aldehydes is 1. The minimum absolute atomic E-state index is 0.0168. The maximum Gasteiger partial charge on any atom is 0.151 e. The Bertz CT molecular complexity index is 289. The average molecular weight is 162 g/mol. The van der Waals surface area contributed by atoms with Crippen LogP contribution in [0, 0.1) is 6.92 Å². The van der Waals surface area contributed by atoms with Crippen molar-refractivity contribution in [1.29, 1.82) is 0 Å². The van der Waals surface area contributed by atoms with Crippen molar-refractivity contribution in [2.75, 3.05) is 0 Å². The van der Waals surface area contributed by atoms with E-state index in [4.69, 9.17) is 4.74 Å². The van der Waals surface area contributed by atoms with Crippen LogP contribution in [0.4, 0.5) is 0 Å². The molecule has 2 rings (SSSR count). The predicted octanol–water partition coefficient (Wildman–Crippen LogP) is 1.63. The summed E-state index contributed by atoms with van der Waals surface area (Å²) in [6.07, 6.45) is 0.667. The Labute approximate surface area is 71.2 Å². The molecule has 1 aliphatic rings. The lowest BCUT2D eigenvalue weighted by Gasteiger charge is -1.94. The van der Waals surface area contributed by atoms with Gasteiger partial charge in [0.1, 0.15) is 12.2 Å². The van der Waals surface area contributed by atoms with Crippen LogP contribution >= 0.6 is 0 Å². The van der Waals surface area contributed by atoms with E-state index in [0.29, 0.717) is 0 Å². The fourth-order valence-electron chi connectivity index (χ4n) is 1.25. The van der Waals surface area contributed by atoms with E-state index in [1.54, 1.807) is 0 Å². The third kappa shape index (κ3) is 1.25. The first-order chi connectivity index (χ1) is 5.81. The summed E-state index contributed by atoms with van der Waals surface area (Å²) in [6, 6.07) is 8.06. The Morgan fingerprint density at radius 3 is 2.50 bits per heavy atom. The molecule has 0 N–H and O–H groups in total. The van der Waals surface area contributed by atoms with Crippen molar-refractivity contribution in [2.24, 2.45) is 0 Å². The molecule has 0 saturated carbocycles. The Hall–Kier alpha value is -1.15. The number of hydrogen-bond acceptors (Lipinski definition) is 2. The molecule has 0 amide bonds. The van der Waals surface area contributed by atoms with Gasteiger partial charge in [0.15, 0.2) is 6.29 Å². The number of hydrogen-bond donors (Lipinski definition) is 0. The van der Waals surface area contributed by atoms with E-state index in [9.17, 15) is 4.79 Å². The first-order valence-corrected chi connectivity index (χ1v) is 3.98. The van der Waals surface area contributed by atoms with Crippen LogP contribution in [-0.2, 0) is 9.53 Å². The number of epoxide rings is 1. The molecule has 2 atom stereocenters. The highest BCUT2D eigenvalue weighted by atomic mass is 16.6. The number of aryl methyl sites for hydroxylation is 1. The highest BCUT2D eigenvalue weighted by Gasteiger charge is 2.39. The molecule has 0 aliphatic carbocycles. The molecule has 0 unspecified atom stereocenters. The van der Waals surface area contributed by atoms with Crippen molar-refractivity contribution in [2.45, 2.75) is 19.1 Å². The molecule has 1 fully saturated rings. The van der Waals surface area contributed by atoms with Crippen molar-refractivity contribution in [3.05, 3.63) is 35.4 Å². The molecular formula is C10H10O2. The first kappa shape index (κ1) is 7.50. The third-order valence-electron chi connectivity index (χ3n) is 2.07. The van der Waals surface area contributed by atoms with Crippen LogP contribution in [0.3, 0.4) is 0 Å². The van der Waals surface area contributed by atoms with Crippen LogP contribution in [0.5, 0.6) is 0 Å². The molecule has 0 radical (unpaired) electrons. The Kier molecular flexibility index (Phi) is 1.70. The lowest BCUT2D eigenvalue weighted by atomic mass is 10.1. The Morgan fingerprint density at radius 1 is 1.33 bits per heavy atom. The van der Waals surface area contributed by atoms with Gasteiger partial charge in [-0.05, 0) is 12.5 Å². The maximum absolute atomic E-state index is 10.3. The van der Waals surface area contributed by atoms with Crippen LogP contribution in [0.2, 0.25) is 0 Å². The van der Waals surface area contributed by atoms with Gasteiger partial charge in [-0.1, -0.05) is 29.8 Å². The summed E-state index contributed by atoms with van der Waals surface area (Å²) in [4.78, 5) is 10.3. The molecule has 1 heterocycles. The molecule has 1 aromatic carbocycles. The van der Waals surface area contributed by atoms with Gasteiger partial charge in [-0.2, -0.15) is 0 Å². The van der Waals surface area contributed by atoms with Gasteiger partial charge in [-0.15, -0.1) is 0 Å². The van der Waals surface area contributed by atoms with Crippen molar-refractivity contribution < 1.29 is 9.53 Å². The van der Waals surface area contributed by atoms with Crippen molar-refractivity contribution >= 4 is 6.29 Å². The summed E-state index contributed by atoms with van der Waals surface area (Å²) in [7, 11) is 0. The summed E-state index contributed by atoms with van der Waals surface area (Å²) in [5.74, 6) is 0. The Balaban J connectivity index is 2.15. The number of benzene rings is 1. The van der Waals surface area contributed by atoms with Gasteiger partial charge >= 0.3 is 0 Å².